The molecule has 0 aromatic rings. The first-order valence-electron chi connectivity index (χ1n) is 10.5. The highest BCUT2D eigenvalue weighted by molar-refractivity contribution is 5.80. The minimum Gasteiger partial charge on any atom is -0.461 e. The number of hydrogen-bond acceptors (Lipinski definition) is 6. The van der Waals surface area contributed by atoms with E-state index >= 15 is 0 Å². The fourth-order valence-electron chi connectivity index (χ4n) is 2.33. The Hall–Kier alpha value is -3.06. The summed E-state index contributed by atoms with van der Waals surface area (Å²) in [5, 5.41) is 0. The number of ether oxygens (including phenoxy) is 3. The lowest BCUT2D eigenvalue weighted by atomic mass is 10.0. The van der Waals surface area contributed by atoms with Gasteiger partial charge in [-0.05, 0) is 18.8 Å². The molecule has 0 aromatic heterocycles. The van der Waals surface area contributed by atoms with Crippen molar-refractivity contribution in [3.05, 3.63) is 0 Å². The van der Waals surface area contributed by atoms with Crippen molar-refractivity contribution in [2.75, 3.05) is 19.8 Å². The predicted molar refractivity (Wildman–Crippen MR) is 93.4 cm³/mol. The summed E-state index contributed by atoms with van der Waals surface area (Å²) in [7, 11) is 0. The molecule has 0 atom stereocenters. The monoisotopic (exact) mass is 722 g/mol. The average molecular weight is 722 g/mol. The van der Waals surface area contributed by atoms with Crippen LogP contribution in [0.2, 0.25) is 0 Å². The van der Waals surface area contributed by atoms with Gasteiger partial charge in [-0.3, -0.25) is 0 Å². The summed E-state index contributed by atoms with van der Waals surface area (Å²) in [6.07, 6.45) is -24.4. The van der Waals surface area contributed by atoms with E-state index in [4.69, 9.17) is 0 Å². The van der Waals surface area contributed by atoms with Crippen LogP contribution in [0.5, 0.6) is 0 Å². The minimum absolute atomic E-state index is 1.54. The van der Waals surface area contributed by atoms with Crippen LogP contribution in [0.25, 0.3) is 0 Å². The zero-order valence-corrected chi connectivity index (χ0v) is 20.5. The third kappa shape index (κ3) is 8.41. The number of esters is 3. The Labute approximate surface area is 232 Å². The van der Waals surface area contributed by atoms with E-state index in [1.54, 1.807) is 0 Å². The summed E-state index contributed by atoms with van der Waals surface area (Å²) in [5.41, 5.74) is 0. The molecule has 0 saturated heterocycles. The summed E-state index contributed by atoms with van der Waals surface area (Å²) in [6.45, 7) is -5.90. The predicted octanol–water partition coefficient (Wildman–Crippen LogP) is 6.51. The van der Waals surface area contributed by atoms with Crippen LogP contribution in [0, 0.1) is 5.92 Å². The van der Waals surface area contributed by atoms with Crippen LogP contribution in [-0.4, -0.2) is 91.8 Å². The molecule has 0 aliphatic rings. The molecule has 0 unspecified atom stereocenters. The molecule has 0 N–H and O–H groups in total. The van der Waals surface area contributed by atoms with Crippen molar-refractivity contribution < 1.29 is 121 Å². The highest BCUT2D eigenvalue weighted by Gasteiger charge is 2.79. The number of carbonyl (C=O) groups is 3. The fraction of sp³-hybridized carbons (Fsp3) is 0.833. The van der Waals surface area contributed by atoms with Crippen molar-refractivity contribution in [3.63, 3.8) is 0 Å². The molecule has 0 rings (SSSR count). The smallest absolute Gasteiger partial charge is 0.460 e. The van der Waals surface area contributed by atoms with E-state index in [1.807, 2.05) is 0 Å². The van der Waals surface area contributed by atoms with E-state index < -0.39 is 111 Å². The van der Waals surface area contributed by atoms with Gasteiger partial charge >= 0.3 is 72.0 Å². The molecule has 0 spiro atoms. The van der Waals surface area contributed by atoms with Gasteiger partial charge in [0.1, 0.15) is 0 Å². The summed E-state index contributed by atoms with van der Waals surface area (Å²) < 4.78 is 277. The van der Waals surface area contributed by atoms with Crippen LogP contribution in [0.1, 0.15) is 12.8 Å². The van der Waals surface area contributed by atoms with Crippen molar-refractivity contribution in [3.8, 4) is 0 Å². The maximum Gasteiger partial charge on any atom is 0.460 e. The van der Waals surface area contributed by atoms with Crippen molar-refractivity contribution in [1.82, 2.24) is 0 Å². The molecular formula is C18H11F21O6. The van der Waals surface area contributed by atoms with Crippen LogP contribution in [0.15, 0.2) is 0 Å². The maximum atomic E-state index is 13.4. The summed E-state index contributed by atoms with van der Waals surface area (Å²) in [4.78, 5) is 33.4. The number of rotatable bonds is 14. The van der Waals surface area contributed by atoms with E-state index in [0.29, 0.717) is 0 Å². The second kappa shape index (κ2) is 13.0. The third-order valence-corrected chi connectivity index (χ3v) is 4.99. The lowest BCUT2D eigenvalue weighted by Crippen LogP contribution is -2.57. The van der Waals surface area contributed by atoms with Gasteiger partial charge in [0.25, 0.3) is 0 Å². The first-order chi connectivity index (χ1) is 19.5. The Morgan fingerprint density at radius 1 is 0.400 bits per heavy atom. The quantitative estimate of drug-likeness (QED) is 0.116. The SMILES string of the molecule is O=C(OCCC(CCOC(=O)C(F)(F)C(F)(F)C(F)(F)F)COC(=O)C(F)(F)C(F)(F)C(F)(F)F)C(F)(F)C(F)(F)C(F)(F)F. The maximum absolute atomic E-state index is 13.4. The Bertz CT molecular complexity index is 1000. The van der Waals surface area contributed by atoms with Gasteiger partial charge in [0.05, 0.1) is 19.8 Å². The molecule has 266 valence electrons. The van der Waals surface area contributed by atoms with Gasteiger partial charge < -0.3 is 14.2 Å². The van der Waals surface area contributed by atoms with Gasteiger partial charge in [0, 0.05) is 0 Å². The van der Waals surface area contributed by atoms with Crippen LogP contribution >= 0.6 is 0 Å². The van der Waals surface area contributed by atoms with Crippen LogP contribution in [-0.2, 0) is 28.6 Å². The molecule has 0 aromatic carbocycles. The molecule has 0 amide bonds. The molecule has 0 bridgehead atoms. The van der Waals surface area contributed by atoms with Gasteiger partial charge in [-0.1, -0.05) is 0 Å². The lowest BCUT2D eigenvalue weighted by molar-refractivity contribution is -0.348. The van der Waals surface area contributed by atoms with E-state index in [0.717, 1.165) is 0 Å². The average Bonchev–Trinajstić information content (AvgIpc) is 2.83. The molecular weight excluding hydrogens is 711 g/mol. The van der Waals surface area contributed by atoms with E-state index in [1.165, 1.54) is 0 Å². The zero-order valence-electron chi connectivity index (χ0n) is 20.5. The van der Waals surface area contributed by atoms with Crippen molar-refractivity contribution >= 4 is 17.9 Å². The van der Waals surface area contributed by atoms with Crippen LogP contribution in [0.4, 0.5) is 92.2 Å². The Kier molecular flexibility index (Phi) is 12.1. The zero-order chi connectivity index (χ0) is 36.5. The van der Waals surface area contributed by atoms with E-state index in [9.17, 15) is 107 Å². The molecule has 0 saturated carbocycles. The lowest BCUT2D eigenvalue weighted by Gasteiger charge is -2.28. The first kappa shape index (κ1) is 41.9. The van der Waals surface area contributed by atoms with Crippen molar-refractivity contribution in [2.24, 2.45) is 5.92 Å². The second-order valence-corrected chi connectivity index (χ2v) is 8.25. The van der Waals surface area contributed by atoms with Gasteiger partial charge in [-0.15, -0.1) is 0 Å². The van der Waals surface area contributed by atoms with Gasteiger partial charge in [0.2, 0.25) is 0 Å². The summed E-state index contributed by atoms with van der Waals surface area (Å²) >= 11 is 0. The fourth-order valence-corrected chi connectivity index (χ4v) is 2.33. The minimum atomic E-state index is -7.16. The molecule has 0 aliphatic heterocycles. The Morgan fingerprint density at radius 2 is 0.622 bits per heavy atom. The highest BCUT2D eigenvalue weighted by Crippen LogP contribution is 2.49. The van der Waals surface area contributed by atoms with Gasteiger partial charge in [0.15, 0.2) is 0 Å². The Balaban J connectivity index is 5.86. The van der Waals surface area contributed by atoms with Crippen molar-refractivity contribution in [2.45, 2.75) is 66.9 Å². The topological polar surface area (TPSA) is 78.9 Å². The molecule has 0 aliphatic carbocycles. The van der Waals surface area contributed by atoms with Gasteiger partial charge in [-0.2, -0.15) is 92.2 Å². The summed E-state index contributed by atoms with van der Waals surface area (Å²) in [5.74, 6) is -55.0. The number of alkyl halides is 21. The van der Waals surface area contributed by atoms with Crippen molar-refractivity contribution in [1.29, 1.82) is 0 Å². The highest BCUT2D eigenvalue weighted by atomic mass is 19.4. The van der Waals surface area contributed by atoms with Crippen LogP contribution in [0.3, 0.4) is 0 Å². The van der Waals surface area contributed by atoms with Crippen LogP contribution < -0.4 is 0 Å². The number of carbonyl (C=O) groups excluding carboxylic acids is 3. The molecule has 0 fully saturated rings. The standard InChI is InChI=1S/C18H11F21O6/c19-10(20,13(25,26)16(31,32)33)7(40)43-3-1-6(5-45-9(42)12(23,24)15(29,30)18(37,38)39)2-4-44-8(41)11(21,22)14(27,28)17(34,35)36/h6H,1-5H2. The number of halogens is 21. The van der Waals surface area contributed by atoms with Gasteiger partial charge in [-0.25, -0.2) is 14.4 Å². The molecule has 0 radical (unpaired) electrons. The third-order valence-electron chi connectivity index (χ3n) is 4.99. The molecule has 45 heavy (non-hydrogen) atoms. The number of hydrogen-bond donors (Lipinski definition) is 0. The molecule has 27 heteroatoms. The van der Waals surface area contributed by atoms with E-state index in [2.05, 4.69) is 14.2 Å². The first-order valence-corrected chi connectivity index (χ1v) is 10.5. The normalized spacial score (nSPS) is 14.8. The van der Waals surface area contributed by atoms with E-state index in [-0.39, 0.29) is 0 Å². The summed E-state index contributed by atoms with van der Waals surface area (Å²) in [6, 6.07) is 0. The largest absolute Gasteiger partial charge is 0.461 e. The molecule has 0 heterocycles. The second-order valence-electron chi connectivity index (χ2n) is 8.25. The Morgan fingerprint density at radius 3 is 0.844 bits per heavy atom. The molecule has 6 nitrogen and oxygen atoms in total.